The summed E-state index contributed by atoms with van der Waals surface area (Å²) >= 11 is 0. The zero-order valence-corrected chi connectivity index (χ0v) is 12.7. The molecule has 0 aliphatic carbocycles. The van der Waals surface area contributed by atoms with Gasteiger partial charge in [0.05, 0.1) is 0 Å². The van der Waals surface area contributed by atoms with Crippen molar-refractivity contribution in [1.29, 1.82) is 0 Å². The van der Waals surface area contributed by atoms with Crippen molar-refractivity contribution in [2.24, 2.45) is 0 Å². The highest BCUT2D eigenvalue weighted by atomic mass is 19.1. The van der Waals surface area contributed by atoms with Crippen LogP contribution < -0.4 is 10.1 Å². The lowest BCUT2D eigenvalue weighted by atomic mass is 10.1. The number of carbonyl (C=O) groups excluding carboxylic acids is 1. The number of fused-ring (bicyclic) bond motifs is 1. The van der Waals surface area contributed by atoms with E-state index < -0.39 is 5.82 Å². The van der Waals surface area contributed by atoms with E-state index in [1.165, 1.54) is 18.2 Å². The van der Waals surface area contributed by atoms with Crippen molar-refractivity contribution in [3.8, 4) is 5.75 Å². The van der Waals surface area contributed by atoms with Crippen molar-refractivity contribution < 1.29 is 13.9 Å². The van der Waals surface area contributed by atoms with Crippen LogP contribution in [0, 0.1) is 12.7 Å². The molecule has 3 rings (SSSR count). The molecule has 0 spiro atoms. The maximum atomic E-state index is 13.0. The monoisotopic (exact) mass is 312 g/mol. The Hall–Kier alpha value is -2.82. The third kappa shape index (κ3) is 3.51. The van der Waals surface area contributed by atoms with Crippen LogP contribution in [0.3, 0.4) is 0 Å². The second kappa shape index (κ2) is 6.52. The molecule has 0 bridgehead atoms. The van der Waals surface area contributed by atoms with E-state index in [0.29, 0.717) is 12.3 Å². The average molecular weight is 312 g/mol. The third-order valence-electron chi connectivity index (χ3n) is 3.66. The van der Waals surface area contributed by atoms with E-state index in [9.17, 15) is 9.18 Å². The van der Waals surface area contributed by atoms with Gasteiger partial charge < -0.3 is 15.0 Å². The van der Waals surface area contributed by atoms with Gasteiger partial charge in [-0.15, -0.1) is 0 Å². The number of hydrogen-bond donors (Lipinski definition) is 2. The van der Waals surface area contributed by atoms with Gasteiger partial charge in [-0.25, -0.2) is 4.39 Å². The number of aromatic nitrogens is 1. The highest BCUT2D eigenvalue weighted by molar-refractivity contribution is 5.85. The first-order valence-electron chi connectivity index (χ1n) is 7.35. The standard InChI is InChI=1S/C18H17FN2O2/c1-12-16(15-7-2-3-8-17(15)21-12)10-20-18(22)11-23-14-6-4-5-13(19)9-14/h2-9,21H,10-11H2,1H3,(H,20,22). The van der Waals surface area contributed by atoms with Crippen molar-refractivity contribution >= 4 is 16.8 Å². The molecule has 0 radical (unpaired) electrons. The third-order valence-corrected chi connectivity index (χ3v) is 3.66. The summed E-state index contributed by atoms with van der Waals surface area (Å²) in [7, 11) is 0. The van der Waals surface area contributed by atoms with Crippen molar-refractivity contribution in [1.82, 2.24) is 10.3 Å². The minimum atomic E-state index is -0.391. The summed E-state index contributed by atoms with van der Waals surface area (Å²) in [5, 5.41) is 3.92. The first kappa shape index (κ1) is 15.1. The summed E-state index contributed by atoms with van der Waals surface area (Å²) in [5.74, 6) is -0.306. The Bertz CT molecular complexity index is 842. The van der Waals surface area contributed by atoms with E-state index >= 15 is 0 Å². The summed E-state index contributed by atoms with van der Waals surface area (Å²) in [4.78, 5) is 15.2. The number of aryl methyl sites for hydroxylation is 1. The van der Waals surface area contributed by atoms with Gasteiger partial charge >= 0.3 is 0 Å². The molecule has 1 heterocycles. The van der Waals surface area contributed by atoms with E-state index in [2.05, 4.69) is 10.3 Å². The van der Waals surface area contributed by atoms with Gasteiger partial charge in [0.25, 0.3) is 5.91 Å². The topological polar surface area (TPSA) is 54.1 Å². The fourth-order valence-electron chi connectivity index (χ4n) is 2.51. The van der Waals surface area contributed by atoms with Gasteiger partial charge in [-0.1, -0.05) is 24.3 Å². The quantitative estimate of drug-likeness (QED) is 0.759. The minimum absolute atomic E-state index is 0.148. The van der Waals surface area contributed by atoms with Crippen LogP contribution in [-0.2, 0) is 11.3 Å². The molecule has 1 amide bonds. The molecule has 2 N–H and O–H groups in total. The molecule has 5 heteroatoms. The van der Waals surface area contributed by atoms with Crippen LogP contribution in [0.25, 0.3) is 10.9 Å². The SMILES string of the molecule is Cc1[nH]c2ccccc2c1CNC(=O)COc1cccc(F)c1. The average Bonchev–Trinajstić information content (AvgIpc) is 2.86. The summed E-state index contributed by atoms with van der Waals surface area (Å²) in [6.45, 7) is 2.25. The van der Waals surface area contributed by atoms with E-state index in [4.69, 9.17) is 4.74 Å². The predicted octanol–water partition coefficient (Wildman–Crippen LogP) is 3.31. The lowest BCUT2D eigenvalue weighted by Gasteiger charge is -2.08. The highest BCUT2D eigenvalue weighted by Gasteiger charge is 2.09. The summed E-state index contributed by atoms with van der Waals surface area (Å²) in [6.07, 6.45) is 0. The van der Waals surface area contributed by atoms with Crippen molar-refractivity contribution in [3.05, 3.63) is 65.6 Å². The highest BCUT2D eigenvalue weighted by Crippen LogP contribution is 2.21. The molecule has 0 aliphatic rings. The molecule has 1 aromatic heterocycles. The Morgan fingerprint density at radius 1 is 1.22 bits per heavy atom. The molecular weight excluding hydrogens is 295 g/mol. The molecule has 0 unspecified atom stereocenters. The van der Waals surface area contributed by atoms with Crippen LogP contribution in [0.1, 0.15) is 11.3 Å². The normalized spacial score (nSPS) is 10.7. The van der Waals surface area contributed by atoms with E-state index in [1.54, 1.807) is 6.07 Å². The number of halogens is 1. The molecule has 0 fully saturated rings. The number of carbonyl (C=O) groups is 1. The summed E-state index contributed by atoms with van der Waals surface area (Å²) < 4.78 is 18.3. The molecule has 0 atom stereocenters. The fourth-order valence-corrected chi connectivity index (χ4v) is 2.51. The smallest absolute Gasteiger partial charge is 0.258 e. The van der Waals surface area contributed by atoms with Crippen molar-refractivity contribution in [2.75, 3.05) is 6.61 Å². The van der Waals surface area contributed by atoms with Gasteiger partial charge in [0.2, 0.25) is 0 Å². The summed E-state index contributed by atoms with van der Waals surface area (Å²) in [6, 6.07) is 13.7. The number of para-hydroxylation sites is 1. The van der Waals surface area contributed by atoms with Crippen LogP contribution >= 0.6 is 0 Å². The molecule has 118 valence electrons. The minimum Gasteiger partial charge on any atom is -0.484 e. The molecular formula is C18H17FN2O2. The van der Waals surface area contributed by atoms with Crippen LogP contribution in [0.15, 0.2) is 48.5 Å². The Morgan fingerprint density at radius 3 is 2.87 bits per heavy atom. The number of ether oxygens (including phenoxy) is 1. The molecule has 3 aromatic rings. The zero-order chi connectivity index (χ0) is 16.2. The number of amides is 1. The molecule has 4 nitrogen and oxygen atoms in total. The van der Waals surface area contributed by atoms with E-state index in [0.717, 1.165) is 22.2 Å². The first-order valence-corrected chi connectivity index (χ1v) is 7.35. The number of nitrogens with one attached hydrogen (secondary N) is 2. The second-order valence-electron chi connectivity index (χ2n) is 5.30. The van der Waals surface area contributed by atoms with Crippen LogP contribution in [0.4, 0.5) is 4.39 Å². The fraction of sp³-hybridized carbons (Fsp3) is 0.167. The number of hydrogen-bond acceptors (Lipinski definition) is 2. The van der Waals surface area contributed by atoms with Crippen molar-refractivity contribution in [2.45, 2.75) is 13.5 Å². The van der Waals surface area contributed by atoms with Gasteiger partial charge in [0.1, 0.15) is 11.6 Å². The van der Waals surface area contributed by atoms with E-state index in [1.807, 2.05) is 31.2 Å². The Morgan fingerprint density at radius 2 is 2.04 bits per heavy atom. The van der Waals surface area contributed by atoms with Gasteiger partial charge in [0, 0.05) is 29.2 Å². The molecule has 2 aromatic carbocycles. The van der Waals surface area contributed by atoms with Gasteiger partial charge in [0.15, 0.2) is 6.61 Å². The maximum Gasteiger partial charge on any atom is 0.258 e. The van der Waals surface area contributed by atoms with Crippen LogP contribution in [0.2, 0.25) is 0 Å². The van der Waals surface area contributed by atoms with E-state index in [-0.39, 0.29) is 12.5 Å². The second-order valence-corrected chi connectivity index (χ2v) is 5.30. The molecule has 0 aliphatic heterocycles. The lowest BCUT2D eigenvalue weighted by Crippen LogP contribution is -2.28. The predicted molar refractivity (Wildman–Crippen MR) is 86.8 cm³/mol. The Labute approximate surface area is 133 Å². The maximum absolute atomic E-state index is 13.0. The van der Waals surface area contributed by atoms with Gasteiger partial charge in [-0.3, -0.25) is 4.79 Å². The van der Waals surface area contributed by atoms with Crippen LogP contribution in [0.5, 0.6) is 5.75 Å². The number of rotatable bonds is 5. The number of aromatic amines is 1. The molecule has 0 saturated heterocycles. The van der Waals surface area contributed by atoms with Crippen LogP contribution in [-0.4, -0.2) is 17.5 Å². The zero-order valence-electron chi connectivity index (χ0n) is 12.7. The lowest BCUT2D eigenvalue weighted by molar-refractivity contribution is -0.123. The van der Waals surface area contributed by atoms with Gasteiger partial charge in [-0.2, -0.15) is 0 Å². The summed E-state index contributed by atoms with van der Waals surface area (Å²) in [5.41, 5.74) is 3.13. The number of H-pyrrole nitrogens is 1. The number of benzene rings is 2. The first-order chi connectivity index (χ1) is 11.1. The largest absolute Gasteiger partial charge is 0.484 e. The Balaban J connectivity index is 1.59. The Kier molecular flexibility index (Phi) is 4.28. The molecule has 23 heavy (non-hydrogen) atoms. The molecule has 0 saturated carbocycles. The van der Waals surface area contributed by atoms with Crippen molar-refractivity contribution in [3.63, 3.8) is 0 Å². The van der Waals surface area contributed by atoms with Gasteiger partial charge in [-0.05, 0) is 30.7 Å².